The van der Waals surface area contributed by atoms with Crippen molar-refractivity contribution in [3.63, 3.8) is 0 Å². The summed E-state index contributed by atoms with van der Waals surface area (Å²) in [5.41, 5.74) is 6.53. The number of rotatable bonds is 4. The highest BCUT2D eigenvalue weighted by Gasteiger charge is 2.15. The van der Waals surface area contributed by atoms with E-state index in [1.54, 1.807) is 24.3 Å². The predicted octanol–water partition coefficient (Wildman–Crippen LogP) is 0.937. The van der Waals surface area contributed by atoms with Gasteiger partial charge in [0.05, 0.1) is 0 Å². The summed E-state index contributed by atoms with van der Waals surface area (Å²) in [5.74, 6) is 0.313. The van der Waals surface area contributed by atoms with Crippen LogP contribution in [-0.2, 0) is 4.74 Å². The number of nitrogens with zero attached hydrogens (tertiary/aromatic N) is 1. The van der Waals surface area contributed by atoms with Crippen LogP contribution in [0.25, 0.3) is 0 Å². The van der Waals surface area contributed by atoms with Gasteiger partial charge in [0, 0.05) is 30.9 Å². The van der Waals surface area contributed by atoms with E-state index < -0.39 is 0 Å². The van der Waals surface area contributed by atoms with Gasteiger partial charge in [0.25, 0.3) is 5.91 Å². The van der Waals surface area contributed by atoms with Crippen molar-refractivity contribution in [2.24, 2.45) is 16.8 Å². The normalized spacial score (nSPS) is 16.9. The van der Waals surface area contributed by atoms with Crippen LogP contribution >= 0.6 is 0 Å². The number of benzene rings is 1. The Morgan fingerprint density at radius 1 is 1.40 bits per heavy atom. The average molecular weight is 277 g/mol. The number of amides is 1. The molecule has 0 spiro atoms. The molecule has 1 saturated heterocycles. The molecule has 2 rings (SSSR count). The van der Waals surface area contributed by atoms with E-state index in [1.165, 1.54) is 0 Å². The largest absolute Gasteiger partial charge is 0.409 e. The SMILES string of the molecule is NC(=NO)c1cccc(C(=O)NCC2CCOCC2)c1. The summed E-state index contributed by atoms with van der Waals surface area (Å²) in [6.45, 7) is 2.18. The van der Waals surface area contributed by atoms with E-state index in [1.807, 2.05) is 0 Å². The number of oxime groups is 1. The van der Waals surface area contributed by atoms with E-state index in [2.05, 4.69) is 10.5 Å². The van der Waals surface area contributed by atoms with Gasteiger partial charge in [-0.15, -0.1) is 0 Å². The predicted molar refractivity (Wildman–Crippen MR) is 74.8 cm³/mol. The molecule has 0 aliphatic carbocycles. The van der Waals surface area contributed by atoms with Gasteiger partial charge in [0.2, 0.25) is 0 Å². The fraction of sp³-hybridized carbons (Fsp3) is 0.429. The number of carbonyl (C=O) groups is 1. The van der Waals surface area contributed by atoms with Gasteiger partial charge in [-0.25, -0.2) is 0 Å². The van der Waals surface area contributed by atoms with Crippen molar-refractivity contribution < 1.29 is 14.7 Å². The first-order valence-electron chi connectivity index (χ1n) is 6.64. The molecule has 108 valence electrons. The van der Waals surface area contributed by atoms with Gasteiger partial charge in [0.15, 0.2) is 5.84 Å². The maximum absolute atomic E-state index is 12.1. The minimum atomic E-state index is -0.149. The van der Waals surface area contributed by atoms with Crippen LogP contribution in [0.15, 0.2) is 29.4 Å². The van der Waals surface area contributed by atoms with E-state index in [4.69, 9.17) is 15.7 Å². The number of nitrogens with two attached hydrogens (primary N) is 1. The zero-order chi connectivity index (χ0) is 14.4. The third-order valence-electron chi connectivity index (χ3n) is 3.42. The molecule has 1 aromatic rings. The highest BCUT2D eigenvalue weighted by molar-refractivity contribution is 6.01. The molecule has 1 aromatic carbocycles. The minimum Gasteiger partial charge on any atom is -0.409 e. The summed E-state index contributed by atoms with van der Waals surface area (Å²) in [6, 6.07) is 6.70. The number of carbonyl (C=O) groups excluding carboxylic acids is 1. The number of nitrogens with one attached hydrogen (secondary N) is 1. The molecule has 0 bridgehead atoms. The maximum Gasteiger partial charge on any atom is 0.251 e. The van der Waals surface area contributed by atoms with Gasteiger partial charge in [-0.3, -0.25) is 4.79 Å². The highest BCUT2D eigenvalue weighted by atomic mass is 16.5. The fourth-order valence-corrected chi connectivity index (χ4v) is 2.17. The second-order valence-electron chi connectivity index (χ2n) is 4.83. The summed E-state index contributed by atoms with van der Waals surface area (Å²) in [7, 11) is 0. The summed E-state index contributed by atoms with van der Waals surface area (Å²) in [6.07, 6.45) is 1.95. The van der Waals surface area contributed by atoms with E-state index >= 15 is 0 Å². The van der Waals surface area contributed by atoms with Crippen molar-refractivity contribution >= 4 is 11.7 Å². The second kappa shape index (κ2) is 6.91. The van der Waals surface area contributed by atoms with Gasteiger partial charge < -0.3 is 21.0 Å². The van der Waals surface area contributed by atoms with Crippen LogP contribution < -0.4 is 11.1 Å². The van der Waals surface area contributed by atoms with Gasteiger partial charge in [-0.1, -0.05) is 17.3 Å². The molecule has 6 nitrogen and oxygen atoms in total. The summed E-state index contributed by atoms with van der Waals surface area (Å²) in [4.78, 5) is 12.1. The Morgan fingerprint density at radius 2 is 2.10 bits per heavy atom. The lowest BCUT2D eigenvalue weighted by Gasteiger charge is -2.22. The number of hydrogen-bond donors (Lipinski definition) is 3. The lowest BCUT2D eigenvalue weighted by atomic mass is 10.0. The van der Waals surface area contributed by atoms with Crippen molar-refractivity contribution in [3.8, 4) is 0 Å². The first-order valence-corrected chi connectivity index (χ1v) is 6.64. The monoisotopic (exact) mass is 277 g/mol. The summed E-state index contributed by atoms with van der Waals surface area (Å²) in [5, 5.41) is 14.5. The number of hydrogen-bond acceptors (Lipinski definition) is 4. The molecule has 0 unspecified atom stereocenters. The Balaban J connectivity index is 1.94. The second-order valence-corrected chi connectivity index (χ2v) is 4.83. The Morgan fingerprint density at radius 3 is 2.80 bits per heavy atom. The number of ether oxygens (including phenoxy) is 1. The quantitative estimate of drug-likeness (QED) is 0.330. The van der Waals surface area contributed by atoms with Gasteiger partial charge in [-0.05, 0) is 30.9 Å². The van der Waals surface area contributed by atoms with E-state index in [9.17, 15) is 4.79 Å². The Hall–Kier alpha value is -2.08. The first kappa shape index (κ1) is 14.3. The van der Waals surface area contributed by atoms with Gasteiger partial charge in [-0.2, -0.15) is 0 Å². The first-order chi connectivity index (χ1) is 9.70. The number of amidine groups is 1. The molecule has 4 N–H and O–H groups in total. The van der Waals surface area contributed by atoms with Crippen LogP contribution in [0, 0.1) is 5.92 Å². The van der Waals surface area contributed by atoms with Crippen LogP contribution in [0.2, 0.25) is 0 Å². The van der Waals surface area contributed by atoms with Gasteiger partial charge >= 0.3 is 0 Å². The molecule has 0 saturated carbocycles. The lowest BCUT2D eigenvalue weighted by molar-refractivity contribution is 0.0642. The van der Waals surface area contributed by atoms with Gasteiger partial charge in [0.1, 0.15) is 0 Å². The Labute approximate surface area is 117 Å². The van der Waals surface area contributed by atoms with Crippen molar-refractivity contribution in [3.05, 3.63) is 35.4 Å². The molecule has 1 aliphatic rings. The molecule has 1 fully saturated rings. The van der Waals surface area contributed by atoms with E-state index in [0.29, 0.717) is 23.6 Å². The third kappa shape index (κ3) is 3.71. The lowest BCUT2D eigenvalue weighted by Crippen LogP contribution is -2.32. The average Bonchev–Trinajstić information content (AvgIpc) is 2.53. The van der Waals surface area contributed by atoms with Crippen LogP contribution in [-0.4, -0.2) is 36.7 Å². The molecule has 0 atom stereocenters. The molecule has 20 heavy (non-hydrogen) atoms. The van der Waals surface area contributed by atoms with E-state index in [0.717, 1.165) is 26.1 Å². The fourth-order valence-electron chi connectivity index (χ4n) is 2.17. The third-order valence-corrected chi connectivity index (χ3v) is 3.42. The Kier molecular flexibility index (Phi) is 4.95. The van der Waals surface area contributed by atoms with Crippen LogP contribution in [0.5, 0.6) is 0 Å². The molecule has 1 heterocycles. The van der Waals surface area contributed by atoms with Crippen LogP contribution in [0.1, 0.15) is 28.8 Å². The van der Waals surface area contributed by atoms with Crippen molar-refractivity contribution in [2.75, 3.05) is 19.8 Å². The van der Waals surface area contributed by atoms with Crippen molar-refractivity contribution in [1.29, 1.82) is 0 Å². The molecular formula is C14H19N3O3. The summed E-state index contributed by atoms with van der Waals surface area (Å²) < 4.78 is 5.28. The molecule has 0 aromatic heterocycles. The van der Waals surface area contributed by atoms with Crippen molar-refractivity contribution in [2.45, 2.75) is 12.8 Å². The van der Waals surface area contributed by atoms with Crippen LogP contribution in [0.3, 0.4) is 0 Å². The zero-order valence-electron chi connectivity index (χ0n) is 11.2. The summed E-state index contributed by atoms with van der Waals surface area (Å²) >= 11 is 0. The molecule has 1 aliphatic heterocycles. The minimum absolute atomic E-state index is 0.0101. The standard InChI is InChI=1S/C14H19N3O3/c15-13(17-19)11-2-1-3-12(8-11)14(18)16-9-10-4-6-20-7-5-10/h1-3,8,10,19H,4-7,9H2,(H2,15,17)(H,16,18). The molecule has 1 amide bonds. The topological polar surface area (TPSA) is 96.9 Å². The molecule has 6 heteroatoms. The Bertz CT molecular complexity index is 496. The maximum atomic E-state index is 12.1. The molecular weight excluding hydrogens is 258 g/mol. The highest BCUT2D eigenvalue weighted by Crippen LogP contribution is 2.13. The van der Waals surface area contributed by atoms with Crippen LogP contribution in [0.4, 0.5) is 0 Å². The molecule has 0 radical (unpaired) electrons. The smallest absolute Gasteiger partial charge is 0.251 e. The zero-order valence-corrected chi connectivity index (χ0v) is 11.2. The van der Waals surface area contributed by atoms with Crippen molar-refractivity contribution in [1.82, 2.24) is 5.32 Å². The van der Waals surface area contributed by atoms with E-state index in [-0.39, 0.29) is 11.7 Å².